The molecule has 5 nitrogen and oxygen atoms in total. The van der Waals surface area contributed by atoms with Crippen molar-refractivity contribution in [3.63, 3.8) is 0 Å². The van der Waals surface area contributed by atoms with Crippen LogP contribution in [0, 0.1) is 6.92 Å². The first-order valence-electron chi connectivity index (χ1n) is 6.98. The molecule has 1 aromatic carbocycles. The van der Waals surface area contributed by atoms with Crippen LogP contribution in [0.3, 0.4) is 0 Å². The van der Waals surface area contributed by atoms with E-state index in [9.17, 15) is 4.79 Å². The van der Waals surface area contributed by atoms with Crippen LogP contribution in [0.2, 0.25) is 10.2 Å². The lowest BCUT2D eigenvalue weighted by Crippen LogP contribution is -2.23. The van der Waals surface area contributed by atoms with Gasteiger partial charge in [-0.3, -0.25) is 18.7 Å². The van der Waals surface area contributed by atoms with Gasteiger partial charge in [0, 0.05) is 10.7 Å². The zero-order valence-electron chi connectivity index (χ0n) is 12.3. The molecule has 0 radical (unpaired) electrons. The highest BCUT2D eigenvalue weighted by molar-refractivity contribution is 9.10. The average Bonchev–Trinajstić information content (AvgIpc) is 2.94. The molecule has 0 unspecified atom stereocenters. The minimum absolute atomic E-state index is 0.231. The topological polar surface area (TPSA) is 52.2 Å². The Morgan fingerprint density at radius 3 is 2.71 bits per heavy atom. The molecule has 0 saturated carbocycles. The summed E-state index contributed by atoms with van der Waals surface area (Å²) in [6.45, 7) is 1.85. The molecule has 0 aliphatic rings. The van der Waals surface area contributed by atoms with Gasteiger partial charge < -0.3 is 0 Å². The highest BCUT2D eigenvalue weighted by Crippen LogP contribution is 2.30. The summed E-state index contributed by atoms with van der Waals surface area (Å²) in [4.78, 5) is 21.5. The van der Waals surface area contributed by atoms with Gasteiger partial charge in [-0.1, -0.05) is 23.2 Å². The summed E-state index contributed by atoms with van der Waals surface area (Å²) < 4.78 is 3.86. The number of aryl methyl sites for hydroxylation is 1. The van der Waals surface area contributed by atoms with Crippen molar-refractivity contribution in [1.82, 2.24) is 18.9 Å². The van der Waals surface area contributed by atoms with Gasteiger partial charge in [-0.15, -0.1) is 0 Å². The third kappa shape index (κ3) is 2.17. The highest BCUT2D eigenvalue weighted by atomic mass is 79.9. The quantitative estimate of drug-likeness (QED) is 0.455. The van der Waals surface area contributed by atoms with E-state index >= 15 is 0 Å². The van der Waals surface area contributed by atoms with Crippen molar-refractivity contribution in [1.29, 1.82) is 0 Å². The molecule has 0 N–H and O–H groups in total. The Balaban J connectivity index is 2.32. The molecule has 3 aromatic heterocycles. The number of hydrogen-bond donors (Lipinski definition) is 0. The average molecular weight is 424 g/mol. The number of halogens is 3. The summed E-state index contributed by atoms with van der Waals surface area (Å²) in [5, 5.41) is 0.863. The Bertz CT molecular complexity index is 1180. The second kappa shape index (κ2) is 5.58. The number of aromatic nitrogens is 4. The van der Waals surface area contributed by atoms with Gasteiger partial charge in [0.25, 0.3) is 5.56 Å². The van der Waals surface area contributed by atoms with Crippen molar-refractivity contribution in [2.45, 2.75) is 6.92 Å². The first kappa shape index (κ1) is 15.6. The van der Waals surface area contributed by atoms with Gasteiger partial charge in [0.15, 0.2) is 0 Å². The normalized spacial score (nSPS) is 11.5. The second-order valence-corrected chi connectivity index (χ2v) is 6.89. The fourth-order valence-electron chi connectivity index (χ4n) is 2.76. The van der Waals surface area contributed by atoms with Crippen molar-refractivity contribution in [3.8, 4) is 5.69 Å². The Morgan fingerprint density at radius 1 is 1.17 bits per heavy atom. The van der Waals surface area contributed by atoms with Gasteiger partial charge in [-0.2, -0.15) is 0 Å². The highest BCUT2D eigenvalue weighted by Gasteiger charge is 2.18. The van der Waals surface area contributed by atoms with E-state index in [2.05, 4.69) is 25.9 Å². The van der Waals surface area contributed by atoms with Gasteiger partial charge in [0.05, 0.1) is 33.6 Å². The Hall–Kier alpha value is -1.89. The first-order chi connectivity index (χ1) is 11.5. The maximum Gasteiger partial charge on any atom is 0.299 e. The molecule has 24 heavy (non-hydrogen) atoms. The van der Waals surface area contributed by atoms with E-state index in [0.29, 0.717) is 31.4 Å². The molecule has 8 heteroatoms. The van der Waals surface area contributed by atoms with Crippen LogP contribution in [-0.2, 0) is 0 Å². The number of rotatable bonds is 1. The van der Waals surface area contributed by atoms with E-state index in [1.54, 1.807) is 33.4 Å². The minimum Gasteiger partial charge on any atom is -0.277 e. The van der Waals surface area contributed by atoms with E-state index in [0.717, 1.165) is 5.69 Å². The van der Waals surface area contributed by atoms with Crippen LogP contribution >= 0.6 is 39.1 Å². The molecule has 0 saturated heterocycles. The SMILES string of the molecule is Cc1ncccc1-n1c(=O)c2ncc(Cl)n2c2cc(Cl)c(Br)cc21. The van der Waals surface area contributed by atoms with E-state index in [1.807, 2.05) is 13.0 Å². The van der Waals surface area contributed by atoms with Crippen molar-refractivity contribution < 1.29 is 0 Å². The van der Waals surface area contributed by atoms with Gasteiger partial charge in [0.1, 0.15) is 5.15 Å². The van der Waals surface area contributed by atoms with Crippen LogP contribution in [0.4, 0.5) is 0 Å². The number of fused-ring (bicyclic) bond motifs is 3. The van der Waals surface area contributed by atoms with Crippen LogP contribution in [0.1, 0.15) is 5.69 Å². The van der Waals surface area contributed by atoms with Crippen molar-refractivity contribution in [3.05, 3.63) is 67.4 Å². The Morgan fingerprint density at radius 2 is 1.96 bits per heavy atom. The van der Waals surface area contributed by atoms with Gasteiger partial charge in [-0.25, -0.2) is 4.98 Å². The molecule has 0 bridgehead atoms. The van der Waals surface area contributed by atoms with Crippen molar-refractivity contribution >= 4 is 55.8 Å². The lowest BCUT2D eigenvalue weighted by molar-refractivity contribution is 0.980. The van der Waals surface area contributed by atoms with Crippen LogP contribution in [-0.4, -0.2) is 18.9 Å². The van der Waals surface area contributed by atoms with Crippen LogP contribution < -0.4 is 5.56 Å². The molecule has 4 aromatic rings. The van der Waals surface area contributed by atoms with Crippen LogP contribution in [0.5, 0.6) is 0 Å². The largest absolute Gasteiger partial charge is 0.299 e. The molecule has 0 aliphatic heterocycles. The van der Waals surface area contributed by atoms with E-state index in [-0.39, 0.29) is 11.2 Å². The summed E-state index contributed by atoms with van der Waals surface area (Å²) in [6, 6.07) is 7.17. The fourth-order valence-corrected chi connectivity index (χ4v) is 3.46. The molecule has 4 rings (SSSR count). The van der Waals surface area contributed by atoms with Crippen LogP contribution in [0.15, 0.2) is 45.9 Å². The maximum absolute atomic E-state index is 13.0. The standard InChI is InChI=1S/C16H9BrCl2N4O/c1-8-11(3-2-4-20-8)22-12-5-9(17)10(18)6-13(12)23-14(19)7-21-15(23)16(22)24/h2-7H,1H3. The van der Waals surface area contributed by atoms with E-state index in [4.69, 9.17) is 23.2 Å². The molecular weight excluding hydrogens is 415 g/mol. The monoisotopic (exact) mass is 422 g/mol. The lowest BCUT2D eigenvalue weighted by Gasteiger charge is -2.14. The summed E-state index contributed by atoms with van der Waals surface area (Å²) in [6.07, 6.45) is 3.14. The predicted molar refractivity (Wildman–Crippen MR) is 98.5 cm³/mol. The second-order valence-electron chi connectivity index (χ2n) is 5.24. The van der Waals surface area contributed by atoms with Gasteiger partial charge in [0.2, 0.25) is 5.65 Å². The molecule has 120 valence electrons. The van der Waals surface area contributed by atoms with Crippen molar-refractivity contribution in [2.75, 3.05) is 0 Å². The molecular formula is C16H9BrCl2N4O. The number of nitrogens with zero attached hydrogens (tertiary/aromatic N) is 4. The summed E-state index contributed by atoms with van der Waals surface area (Å²) >= 11 is 15.9. The number of imidazole rings is 1. The molecule has 0 spiro atoms. The lowest BCUT2D eigenvalue weighted by atomic mass is 10.2. The minimum atomic E-state index is -0.278. The number of hydrogen-bond acceptors (Lipinski definition) is 3. The van der Waals surface area contributed by atoms with Gasteiger partial charge >= 0.3 is 0 Å². The van der Waals surface area contributed by atoms with E-state index < -0.39 is 0 Å². The Labute approximate surface area is 154 Å². The van der Waals surface area contributed by atoms with Gasteiger partial charge in [-0.05, 0) is 47.1 Å². The molecule has 3 heterocycles. The summed E-state index contributed by atoms with van der Waals surface area (Å²) in [5.41, 5.74) is 2.70. The van der Waals surface area contributed by atoms with Crippen LogP contribution in [0.25, 0.3) is 22.4 Å². The molecule has 0 aliphatic carbocycles. The molecule has 0 fully saturated rings. The Kier molecular flexibility index (Phi) is 3.63. The third-order valence-corrected chi connectivity index (χ3v) is 5.30. The predicted octanol–water partition coefficient (Wildman–Crippen LogP) is 4.41. The molecule has 0 atom stereocenters. The molecule has 0 amide bonds. The number of benzene rings is 1. The number of pyridine rings is 1. The first-order valence-corrected chi connectivity index (χ1v) is 8.52. The zero-order chi connectivity index (χ0) is 17.0. The van der Waals surface area contributed by atoms with E-state index in [1.165, 1.54) is 6.20 Å². The maximum atomic E-state index is 13.0. The van der Waals surface area contributed by atoms with Crippen molar-refractivity contribution in [2.24, 2.45) is 0 Å². The third-order valence-electron chi connectivity index (χ3n) is 3.83. The summed E-state index contributed by atoms with van der Waals surface area (Å²) in [5.74, 6) is 0. The smallest absolute Gasteiger partial charge is 0.277 e. The summed E-state index contributed by atoms with van der Waals surface area (Å²) in [7, 11) is 0. The zero-order valence-corrected chi connectivity index (χ0v) is 15.4. The fraction of sp³-hybridized carbons (Fsp3) is 0.0625.